The molecule has 1 aromatic carbocycles. The molecule has 2 aliphatic rings. The second-order valence-corrected chi connectivity index (χ2v) is 6.70. The van der Waals surface area contributed by atoms with Crippen molar-refractivity contribution in [2.45, 2.75) is 32.8 Å². The van der Waals surface area contributed by atoms with Gasteiger partial charge in [-0.05, 0) is 44.0 Å². The predicted octanol–water partition coefficient (Wildman–Crippen LogP) is 1.89. The van der Waals surface area contributed by atoms with Crippen molar-refractivity contribution in [3.8, 4) is 5.75 Å². The van der Waals surface area contributed by atoms with Crippen molar-refractivity contribution in [3.63, 3.8) is 0 Å². The Hall–Kier alpha value is -1.75. The van der Waals surface area contributed by atoms with Gasteiger partial charge in [0.1, 0.15) is 11.9 Å². The highest BCUT2D eigenvalue weighted by molar-refractivity contribution is 5.79. The molecule has 132 valence electrons. The quantitative estimate of drug-likeness (QED) is 0.618. The smallest absolute Gasteiger partial charge is 0.191 e. The maximum absolute atomic E-state index is 5.99. The molecule has 0 radical (unpaired) electrons. The summed E-state index contributed by atoms with van der Waals surface area (Å²) in [6, 6.07) is 8.30. The summed E-state index contributed by atoms with van der Waals surface area (Å²) in [7, 11) is 0. The average molecular weight is 330 g/mol. The van der Waals surface area contributed by atoms with E-state index in [1.165, 1.54) is 25.1 Å². The van der Waals surface area contributed by atoms with Gasteiger partial charge in [-0.3, -0.25) is 4.99 Å². The Kier molecular flexibility index (Phi) is 5.96. The normalized spacial score (nSPS) is 23.8. The first-order chi connectivity index (χ1) is 11.8. The van der Waals surface area contributed by atoms with Gasteiger partial charge < -0.3 is 20.3 Å². The van der Waals surface area contributed by atoms with Gasteiger partial charge in [0.2, 0.25) is 0 Å². The lowest BCUT2D eigenvalue weighted by Crippen LogP contribution is -2.42. The fourth-order valence-corrected chi connectivity index (χ4v) is 3.49. The molecule has 2 aliphatic heterocycles. The molecular weight excluding hydrogens is 300 g/mol. The van der Waals surface area contributed by atoms with Crippen LogP contribution in [0.5, 0.6) is 5.75 Å². The topological polar surface area (TPSA) is 48.9 Å². The van der Waals surface area contributed by atoms with E-state index in [0.29, 0.717) is 5.92 Å². The van der Waals surface area contributed by atoms with Crippen LogP contribution in [0.2, 0.25) is 0 Å². The molecule has 24 heavy (non-hydrogen) atoms. The van der Waals surface area contributed by atoms with E-state index in [9.17, 15) is 0 Å². The maximum Gasteiger partial charge on any atom is 0.191 e. The number of nitrogens with zero attached hydrogens (tertiary/aromatic N) is 2. The second kappa shape index (κ2) is 8.38. The summed E-state index contributed by atoms with van der Waals surface area (Å²) in [4.78, 5) is 7.29. The van der Waals surface area contributed by atoms with Crippen LogP contribution in [0.3, 0.4) is 0 Å². The minimum atomic E-state index is 0.188. The van der Waals surface area contributed by atoms with Crippen molar-refractivity contribution < 1.29 is 4.74 Å². The maximum atomic E-state index is 5.99. The van der Waals surface area contributed by atoms with Crippen LogP contribution in [0.15, 0.2) is 29.3 Å². The van der Waals surface area contributed by atoms with Crippen LogP contribution in [0.1, 0.15) is 25.8 Å². The monoisotopic (exact) mass is 330 g/mol. The van der Waals surface area contributed by atoms with Gasteiger partial charge in [-0.15, -0.1) is 0 Å². The first kappa shape index (κ1) is 17.1. The summed E-state index contributed by atoms with van der Waals surface area (Å²) >= 11 is 0. The summed E-state index contributed by atoms with van der Waals surface area (Å²) < 4.78 is 5.99. The number of rotatable bonds is 6. The van der Waals surface area contributed by atoms with Crippen LogP contribution in [-0.4, -0.2) is 56.2 Å². The zero-order valence-corrected chi connectivity index (χ0v) is 14.9. The molecule has 2 unspecified atom stereocenters. The number of guanidine groups is 1. The van der Waals surface area contributed by atoms with E-state index in [1.54, 1.807) is 0 Å². The molecule has 1 saturated heterocycles. The van der Waals surface area contributed by atoms with Gasteiger partial charge in [0.25, 0.3) is 0 Å². The number of hydrogen-bond acceptors (Lipinski definition) is 3. The highest BCUT2D eigenvalue weighted by Crippen LogP contribution is 2.27. The Morgan fingerprint density at radius 3 is 2.92 bits per heavy atom. The zero-order chi connectivity index (χ0) is 16.8. The lowest BCUT2D eigenvalue weighted by molar-refractivity contribution is 0.235. The molecule has 0 aromatic heterocycles. The molecule has 1 aromatic rings. The van der Waals surface area contributed by atoms with Gasteiger partial charge in [-0.1, -0.05) is 25.1 Å². The summed E-state index contributed by atoms with van der Waals surface area (Å²) in [5.41, 5.74) is 1.30. The molecule has 5 heteroatoms. The SMILES string of the molecule is CCNC(=NCC1CCN(CC)C1)NCC1Cc2ccccc2O1. The van der Waals surface area contributed by atoms with E-state index < -0.39 is 0 Å². The average Bonchev–Trinajstić information content (AvgIpc) is 3.23. The third-order valence-electron chi connectivity index (χ3n) is 4.88. The van der Waals surface area contributed by atoms with E-state index in [4.69, 9.17) is 9.73 Å². The molecule has 0 amide bonds. The number of benzene rings is 1. The number of likely N-dealkylation sites (tertiary alicyclic amines) is 1. The minimum absolute atomic E-state index is 0.188. The van der Waals surface area contributed by atoms with Crippen molar-refractivity contribution in [1.82, 2.24) is 15.5 Å². The zero-order valence-electron chi connectivity index (χ0n) is 14.9. The van der Waals surface area contributed by atoms with E-state index in [-0.39, 0.29) is 6.10 Å². The van der Waals surface area contributed by atoms with Gasteiger partial charge in [0.15, 0.2) is 5.96 Å². The van der Waals surface area contributed by atoms with Gasteiger partial charge in [-0.2, -0.15) is 0 Å². The second-order valence-electron chi connectivity index (χ2n) is 6.70. The van der Waals surface area contributed by atoms with E-state index >= 15 is 0 Å². The minimum Gasteiger partial charge on any atom is -0.488 e. The Morgan fingerprint density at radius 2 is 2.17 bits per heavy atom. The third kappa shape index (κ3) is 4.41. The molecule has 0 saturated carbocycles. The Balaban J connectivity index is 1.47. The largest absolute Gasteiger partial charge is 0.488 e. The Bertz CT molecular complexity index is 535. The van der Waals surface area contributed by atoms with Gasteiger partial charge >= 0.3 is 0 Å². The molecule has 5 nitrogen and oxygen atoms in total. The number of hydrogen-bond donors (Lipinski definition) is 2. The van der Waals surface area contributed by atoms with Crippen molar-refractivity contribution >= 4 is 5.96 Å². The number of nitrogens with one attached hydrogen (secondary N) is 2. The molecule has 0 bridgehead atoms. The highest BCUT2D eigenvalue weighted by atomic mass is 16.5. The van der Waals surface area contributed by atoms with Crippen molar-refractivity contribution in [1.29, 1.82) is 0 Å². The van der Waals surface area contributed by atoms with Gasteiger partial charge in [0.05, 0.1) is 6.54 Å². The van der Waals surface area contributed by atoms with Gasteiger partial charge in [-0.25, -0.2) is 0 Å². The van der Waals surface area contributed by atoms with Crippen LogP contribution >= 0.6 is 0 Å². The molecule has 3 rings (SSSR count). The number of para-hydroxylation sites is 1. The fraction of sp³-hybridized carbons (Fsp3) is 0.632. The van der Waals surface area contributed by atoms with E-state index in [0.717, 1.165) is 44.3 Å². The highest BCUT2D eigenvalue weighted by Gasteiger charge is 2.23. The van der Waals surface area contributed by atoms with Crippen molar-refractivity contribution in [3.05, 3.63) is 29.8 Å². The Labute approximate surface area is 145 Å². The molecular formula is C19H30N4O. The standard InChI is InChI=1S/C19H30N4O/c1-3-20-19(21-12-15-9-10-23(4-2)14-15)22-13-17-11-16-7-5-6-8-18(16)24-17/h5-8,15,17H,3-4,9-14H2,1-2H3,(H2,20,21,22). The summed E-state index contributed by atoms with van der Waals surface area (Å²) in [5.74, 6) is 2.62. The van der Waals surface area contributed by atoms with Crippen molar-refractivity contribution in [2.24, 2.45) is 10.9 Å². The van der Waals surface area contributed by atoms with Crippen LogP contribution < -0.4 is 15.4 Å². The van der Waals surface area contributed by atoms with E-state index in [1.807, 2.05) is 12.1 Å². The molecule has 2 N–H and O–H groups in total. The number of aliphatic imine (C=N–C) groups is 1. The van der Waals surface area contributed by atoms with Crippen LogP contribution in [0, 0.1) is 5.92 Å². The number of ether oxygens (including phenoxy) is 1. The first-order valence-corrected chi connectivity index (χ1v) is 9.27. The summed E-state index contributed by atoms with van der Waals surface area (Å²) in [5, 5.41) is 6.79. The molecule has 2 heterocycles. The van der Waals surface area contributed by atoms with Crippen LogP contribution in [0.4, 0.5) is 0 Å². The number of fused-ring (bicyclic) bond motifs is 1. The van der Waals surface area contributed by atoms with Crippen molar-refractivity contribution in [2.75, 3.05) is 39.3 Å². The molecule has 0 aliphatic carbocycles. The van der Waals surface area contributed by atoms with Crippen LogP contribution in [0.25, 0.3) is 0 Å². The molecule has 1 fully saturated rings. The fourth-order valence-electron chi connectivity index (χ4n) is 3.49. The third-order valence-corrected chi connectivity index (χ3v) is 4.88. The predicted molar refractivity (Wildman–Crippen MR) is 98.8 cm³/mol. The Morgan fingerprint density at radius 1 is 1.29 bits per heavy atom. The van der Waals surface area contributed by atoms with E-state index in [2.05, 4.69) is 41.5 Å². The summed E-state index contributed by atoms with van der Waals surface area (Å²) in [6.45, 7) is 10.4. The lowest BCUT2D eigenvalue weighted by atomic mass is 10.1. The summed E-state index contributed by atoms with van der Waals surface area (Å²) in [6.07, 6.45) is 2.42. The van der Waals surface area contributed by atoms with Gasteiger partial charge in [0, 0.05) is 26.1 Å². The molecule has 0 spiro atoms. The lowest BCUT2D eigenvalue weighted by Gasteiger charge is -2.16. The first-order valence-electron chi connectivity index (χ1n) is 9.27. The van der Waals surface area contributed by atoms with Crippen LogP contribution in [-0.2, 0) is 6.42 Å². The molecule has 2 atom stereocenters.